The van der Waals surface area contributed by atoms with E-state index >= 15 is 0 Å². The predicted molar refractivity (Wildman–Crippen MR) is 78.7 cm³/mol. The molecule has 1 N–H and O–H groups in total. The molecule has 0 radical (unpaired) electrons. The maximum atomic E-state index is 13.1. The summed E-state index contributed by atoms with van der Waals surface area (Å²) in [6.45, 7) is 5.93. The summed E-state index contributed by atoms with van der Waals surface area (Å²) in [5.41, 5.74) is 2.37. The highest BCUT2D eigenvalue weighted by Gasteiger charge is 2.12. The van der Waals surface area contributed by atoms with Gasteiger partial charge in [-0.3, -0.25) is 0 Å². The van der Waals surface area contributed by atoms with E-state index in [4.69, 9.17) is 23.8 Å². The van der Waals surface area contributed by atoms with Gasteiger partial charge in [-0.15, -0.1) is 0 Å². The van der Waals surface area contributed by atoms with Gasteiger partial charge in [0.25, 0.3) is 0 Å². The molecular weight excluding hydrogens is 283 g/mol. The molecule has 1 aromatic carbocycles. The fraction of sp³-hybridized carbons (Fsp3) is 0.286. The van der Waals surface area contributed by atoms with Gasteiger partial charge in [-0.2, -0.15) is 0 Å². The fourth-order valence-corrected chi connectivity index (χ4v) is 2.25. The van der Waals surface area contributed by atoms with Gasteiger partial charge in [0.1, 0.15) is 16.3 Å². The zero-order valence-corrected chi connectivity index (χ0v) is 12.5. The van der Waals surface area contributed by atoms with E-state index in [1.807, 2.05) is 20.8 Å². The molecule has 0 unspecified atom stereocenters. The maximum Gasteiger partial charge on any atom is 0.133 e. The Labute approximate surface area is 121 Å². The van der Waals surface area contributed by atoms with Crippen LogP contribution in [0, 0.1) is 17.4 Å². The van der Waals surface area contributed by atoms with E-state index in [-0.39, 0.29) is 11.7 Å². The second-order valence-corrected chi connectivity index (χ2v) is 5.50. The molecule has 0 saturated carbocycles. The van der Waals surface area contributed by atoms with Gasteiger partial charge in [-0.05, 0) is 25.1 Å². The van der Waals surface area contributed by atoms with Gasteiger partial charge in [0.2, 0.25) is 0 Å². The monoisotopic (exact) mass is 296 g/mol. The lowest BCUT2D eigenvalue weighted by molar-refractivity contribution is 0.628. The number of aromatic amines is 1. The summed E-state index contributed by atoms with van der Waals surface area (Å²) >= 11 is 11.4. The van der Waals surface area contributed by atoms with Gasteiger partial charge in [-0.25, -0.2) is 9.37 Å². The van der Waals surface area contributed by atoms with Crippen LogP contribution in [0.15, 0.2) is 18.2 Å². The summed E-state index contributed by atoms with van der Waals surface area (Å²) in [5.74, 6) is 0.661. The molecule has 0 aliphatic rings. The van der Waals surface area contributed by atoms with E-state index < -0.39 is 0 Å². The van der Waals surface area contributed by atoms with Crippen LogP contribution in [0.4, 0.5) is 4.39 Å². The number of halogens is 2. The Morgan fingerprint density at radius 3 is 2.63 bits per heavy atom. The van der Waals surface area contributed by atoms with Crippen molar-refractivity contribution < 1.29 is 4.39 Å². The molecule has 0 aliphatic heterocycles. The molecule has 0 aliphatic carbocycles. The van der Waals surface area contributed by atoms with E-state index in [2.05, 4.69) is 9.97 Å². The first kappa shape index (κ1) is 14.2. The summed E-state index contributed by atoms with van der Waals surface area (Å²) < 4.78 is 13.7. The maximum absolute atomic E-state index is 13.1. The molecule has 2 nitrogen and oxygen atoms in total. The first-order valence-electron chi connectivity index (χ1n) is 5.96. The Kier molecular flexibility index (Phi) is 4.02. The molecule has 19 heavy (non-hydrogen) atoms. The van der Waals surface area contributed by atoms with E-state index in [1.54, 1.807) is 6.07 Å². The molecule has 100 valence electrons. The third-order valence-electron chi connectivity index (χ3n) is 2.92. The first-order chi connectivity index (χ1) is 8.90. The number of rotatable bonds is 2. The second-order valence-electron chi connectivity index (χ2n) is 4.71. The molecule has 2 aromatic rings. The smallest absolute Gasteiger partial charge is 0.133 e. The molecule has 5 heteroatoms. The summed E-state index contributed by atoms with van der Waals surface area (Å²) in [7, 11) is 0. The van der Waals surface area contributed by atoms with Crippen molar-refractivity contribution in [3.8, 4) is 11.3 Å². The minimum Gasteiger partial charge on any atom is -0.343 e. The Morgan fingerprint density at radius 2 is 2.05 bits per heavy atom. The van der Waals surface area contributed by atoms with E-state index in [0.29, 0.717) is 9.66 Å². The van der Waals surface area contributed by atoms with Crippen molar-refractivity contribution in [2.24, 2.45) is 0 Å². The Hall–Kier alpha value is -1.26. The van der Waals surface area contributed by atoms with Crippen LogP contribution in [0.2, 0.25) is 5.02 Å². The average molecular weight is 297 g/mol. The molecule has 0 bridgehead atoms. The van der Waals surface area contributed by atoms with Crippen LogP contribution >= 0.6 is 23.8 Å². The van der Waals surface area contributed by atoms with Crippen LogP contribution in [-0.2, 0) is 0 Å². The van der Waals surface area contributed by atoms with Crippen LogP contribution in [0.25, 0.3) is 11.3 Å². The highest BCUT2D eigenvalue weighted by molar-refractivity contribution is 7.71. The van der Waals surface area contributed by atoms with Crippen molar-refractivity contribution in [1.29, 1.82) is 0 Å². The normalized spacial score (nSPS) is 11.1. The van der Waals surface area contributed by atoms with Crippen LogP contribution < -0.4 is 0 Å². The lowest BCUT2D eigenvalue weighted by atomic mass is 10.1. The molecule has 0 amide bonds. The summed E-state index contributed by atoms with van der Waals surface area (Å²) in [5, 5.41) is 0.356. The van der Waals surface area contributed by atoms with Crippen molar-refractivity contribution in [3.63, 3.8) is 0 Å². The quantitative estimate of drug-likeness (QED) is 0.787. The zero-order chi connectivity index (χ0) is 14.2. The molecule has 0 atom stereocenters. The number of nitrogens with one attached hydrogen (secondary N) is 1. The van der Waals surface area contributed by atoms with Gasteiger partial charge in [-0.1, -0.05) is 37.7 Å². The van der Waals surface area contributed by atoms with Crippen LogP contribution in [-0.4, -0.2) is 9.97 Å². The molecular formula is C14H14ClFN2S. The first-order valence-corrected chi connectivity index (χ1v) is 6.75. The van der Waals surface area contributed by atoms with Gasteiger partial charge in [0, 0.05) is 17.0 Å². The summed E-state index contributed by atoms with van der Waals surface area (Å²) in [6.07, 6.45) is 0. The molecule has 0 saturated heterocycles. The van der Waals surface area contributed by atoms with Gasteiger partial charge in [0.05, 0.1) is 10.7 Å². The van der Waals surface area contributed by atoms with Crippen molar-refractivity contribution >= 4 is 23.8 Å². The SMILES string of the molecule is Cc1c(-c2ccc(F)cc2Cl)[nH]c(C(C)C)nc1=S. The Bertz CT molecular complexity index is 680. The number of aromatic nitrogens is 2. The highest BCUT2D eigenvalue weighted by atomic mass is 35.5. The molecule has 1 heterocycles. The lowest BCUT2D eigenvalue weighted by Crippen LogP contribution is -2.02. The topological polar surface area (TPSA) is 28.7 Å². The number of hydrogen-bond donors (Lipinski definition) is 1. The molecule has 0 spiro atoms. The largest absolute Gasteiger partial charge is 0.343 e. The number of nitrogens with zero attached hydrogens (tertiary/aromatic N) is 1. The highest BCUT2D eigenvalue weighted by Crippen LogP contribution is 2.30. The summed E-state index contributed by atoms with van der Waals surface area (Å²) in [6, 6.07) is 4.32. The Morgan fingerprint density at radius 1 is 1.37 bits per heavy atom. The van der Waals surface area contributed by atoms with Gasteiger partial charge >= 0.3 is 0 Å². The summed E-state index contributed by atoms with van der Waals surface area (Å²) in [4.78, 5) is 7.59. The molecule has 0 fully saturated rings. The van der Waals surface area contributed by atoms with Crippen molar-refractivity contribution in [2.45, 2.75) is 26.7 Å². The minimum absolute atomic E-state index is 0.222. The van der Waals surface area contributed by atoms with Crippen LogP contribution in [0.3, 0.4) is 0 Å². The minimum atomic E-state index is -0.358. The fourth-order valence-electron chi connectivity index (χ4n) is 1.78. The van der Waals surface area contributed by atoms with E-state index in [1.165, 1.54) is 12.1 Å². The molecule has 1 aromatic heterocycles. The number of H-pyrrole nitrogens is 1. The van der Waals surface area contributed by atoms with E-state index in [0.717, 1.165) is 22.6 Å². The van der Waals surface area contributed by atoms with Crippen LogP contribution in [0.1, 0.15) is 31.2 Å². The van der Waals surface area contributed by atoms with Crippen LogP contribution in [0.5, 0.6) is 0 Å². The molecule has 2 rings (SSSR count). The second kappa shape index (κ2) is 5.39. The third kappa shape index (κ3) is 2.85. The number of benzene rings is 1. The van der Waals surface area contributed by atoms with Gasteiger partial charge < -0.3 is 4.98 Å². The third-order valence-corrected chi connectivity index (χ3v) is 3.63. The van der Waals surface area contributed by atoms with Crippen molar-refractivity contribution in [1.82, 2.24) is 9.97 Å². The van der Waals surface area contributed by atoms with Crippen molar-refractivity contribution in [2.75, 3.05) is 0 Å². The lowest BCUT2D eigenvalue weighted by Gasteiger charge is -2.12. The standard InChI is InChI=1S/C14H14ClFN2S/c1-7(2)13-17-12(8(3)14(19)18-13)10-5-4-9(16)6-11(10)15/h4-7H,1-3H3,(H,17,18,19). The zero-order valence-electron chi connectivity index (χ0n) is 10.9. The van der Waals surface area contributed by atoms with Gasteiger partial charge in [0.15, 0.2) is 0 Å². The predicted octanol–water partition coefficient (Wildman–Crippen LogP) is 5.03. The number of hydrogen-bond acceptors (Lipinski definition) is 2. The average Bonchev–Trinajstić information content (AvgIpc) is 2.33. The van der Waals surface area contributed by atoms with Crippen molar-refractivity contribution in [3.05, 3.63) is 45.1 Å². The Balaban J connectivity index is 2.70. The van der Waals surface area contributed by atoms with E-state index in [9.17, 15) is 4.39 Å².